The molecule has 0 amide bonds. The fourth-order valence-electron chi connectivity index (χ4n) is 3.23. The van der Waals surface area contributed by atoms with Crippen LogP contribution in [0.2, 0.25) is 5.02 Å². The molecule has 1 heterocycles. The van der Waals surface area contributed by atoms with E-state index >= 15 is 0 Å². The molecule has 138 valence electrons. The van der Waals surface area contributed by atoms with Crippen LogP contribution in [0.4, 0.5) is 11.4 Å². The topological polar surface area (TPSA) is 22.1 Å². The zero-order valence-corrected chi connectivity index (χ0v) is 16.4. The standard InChI is InChI=1S/C21H27ClN4/c1-3-24(4-2)20-9-5-18(6-10-20)17-23-26-15-13-25(14-16-26)21-11-7-19(22)8-12-21/h5-12,17H,3-4,13-16H2,1-2H3/b23-17-. The molecule has 0 atom stereocenters. The second kappa shape index (κ2) is 8.95. The molecule has 0 radical (unpaired) electrons. The van der Waals surface area contributed by atoms with Gasteiger partial charge in [-0.1, -0.05) is 23.7 Å². The molecule has 0 spiro atoms. The first-order chi connectivity index (χ1) is 12.7. The van der Waals surface area contributed by atoms with Gasteiger partial charge in [-0.2, -0.15) is 5.10 Å². The van der Waals surface area contributed by atoms with Crippen LogP contribution in [0.15, 0.2) is 53.6 Å². The molecule has 0 unspecified atom stereocenters. The van der Waals surface area contributed by atoms with E-state index in [9.17, 15) is 0 Å². The zero-order valence-electron chi connectivity index (χ0n) is 15.6. The third kappa shape index (κ3) is 4.70. The van der Waals surface area contributed by atoms with E-state index in [2.05, 4.69) is 70.2 Å². The minimum absolute atomic E-state index is 0.781. The maximum Gasteiger partial charge on any atom is 0.0542 e. The van der Waals surface area contributed by atoms with Gasteiger partial charge < -0.3 is 9.80 Å². The molecule has 2 aromatic carbocycles. The number of piperazine rings is 1. The van der Waals surface area contributed by atoms with Gasteiger partial charge >= 0.3 is 0 Å². The summed E-state index contributed by atoms with van der Waals surface area (Å²) in [7, 11) is 0. The Labute approximate surface area is 161 Å². The van der Waals surface area contributed by atoms with Crippen molar-refractivity contribution in [1.82, 2.24) is 5.01 Å². The Balaban J connectivity index is 1.53. The van der Waals surface area contributed by atoms with Gasteiger partial charge in [-0.3, -0.25) is 5.01 Å². The van der Waals surface area contributed by atoms with Crippen molar-refractivity contribution in [2.24, 2.45) is 5.10 Å². The second-order valence-electron chi connectivity index (χ2n) is 6.43. The maximum atomic E-state index is 5.97. The largest absolute Gasteiger partial charge is 0.372 e. The molecular formula is C21H27ClN4. The number of hydrogen-bond donors (Lipinski definition) is 0. The molecule has 0 aromatic heterocycles. The Morgan fingerprint density at radius 3 is 2.12 bits per heavy atom. The molecule has 1 aliphatic heterocycles. The normalized spacial score (nSPS) is 14.9. The summed E-state index contributed by atoms with van der Waals surface area (Å²) in [5, 5.41) is 7.58. The summed E-state index contributed by atoms with van der Waals surface area (Å²) in [6.45, 7) is 10.2. The van der Waals surface area contributed by atoms with Crippen LogP contribution in [0.3, 0.4) is 0 Å². The van der Waals surface area contributed by atoms with E-state index in [4.69, 9.17) is 11.6 Å². The number of nitrogens with zero attached hydrogens (tertiary/aromatic N) is 4. The van der Waals surface area contributed by atoms with Gasteiger partial charge in [-0.25, -0.2) is 0 Å². The fourth-order valence-corrected chi connectivity index (χ4v) is 3.36. The monoisotopic (exact) mass is 370 g/mol. The third-order valence-corrected chi connectivity index (χ3v) is 5.09. The van der Waals surface area contributed by atoms with Gasteiger partial charge in [0.25, 0.3) is 0 Å². The molecule has 3 rings (SSSR count). The van der Waals surface area contributed by atoms with Crippen LogP contribution >= 0.6 is 11.6 Å². The highest BCUT2D eigenvalue weighted by Gasteiger charge is 2.15. The lowest BCUT2D eigenvalue weighted by atomic mass is 10.2. The van der Waals surface area contributed by atoms with Crippen molar-refractivity contribution < 1.29 is 0 Å². The summed E-state index contributed by atoms with van der Waals surface area (Å²) < 4.78 is 0. The van der Waals surface area contributed by atoms with Crippen molar-refractivity contribution in [3.05, 3.63) is 59.1 Å². The van der Waals surface area contributed by atoms with E-state index in [0.717, 1.165) is 49.9 Å². The lowest BCUT2D eigenvalue weighted by molar-refractivity contribution is 0.272. The number of halogens is 1. The summed E-state index contributed by atoms with van der Waals surface area (Å²) in [6.07, 6.45) is 1.96. The number of benzene rings is 2. The van der Waals surface area contributed by atoms with Crippen molar-refractivity contribution in [1.29, 1.82) is 0 Å². The molecule has 0 saturated carbocycles. The van der Waals surface area contributed by atoms with Crippen LogP contribution in [0, 0.1) is 0 Å². The number of rotatable bonds is 6. The summed E-state index contributed by atoms with van der Waals surface area (Å²) in [4.78, 5) is 4.72. The van der Waals surface area contributed by atoms with Crippen molar-refractivity contribution >= 4 is 29.2 Å². The first-order valence-corrected chi connectivity index (χ1v) is 9.72. The second-order valence-corrected chi connectivity index (χ2v) is 6.86. The number of hydrazone groups is 1. The van der Waals surface area contributed by atoms with E-state index in [0.29, 0.717) is 0 Å². The number of hydrogen-bond acceptors (Lipinski definition) is 4. The zero-order chi connectivity index (χ0) is 18.4. The summed E-state index contributed by atoms with van der Waals surface area (Å²) in [5.41, 5.74) is 3.63. The average Bonchev–Trinajstić information content (AvgIpc) is 2.69. The van der Waals surface area contributed by atoms with E-state index in [1.54, 1.807) is 0 Å². The van der Waals surface area contributed by atoms with Crippen LogP contribution in [-0.2, 0) is 0 Å². The Morgan fingerprint density at radius 1 is 0.923 bits per heavy atom. The van der Waals surface area contributed by atoms with Gasteiger partial charge in [-0.05, 0) is 55.8 Å². The molecule has 1 aliphatic rings. The van der Waals surface area contributed by atoms with Gasteiger partial charge in [0.1, 0.15) is 0 Å². The van der Waals surface area contributed by atoms with Crippen LogP contribution in [0.25, 0.3) is 0 Å². The van der Waals surface area contributed by atoms with Gasteiger partial charge in [0.2, 0.25) is 0 Å². The lowest BCUT2D eigenvalue weighted by Gasteiger charge is -2.34. The third-order valence-electron chi connectivity index (χ3n) is 4.84. The highest BCUT2D eigenvalue weighted by molar-refractivity contribution is 6.30. The van der Waals surface area contributed by atoms with Crippen LogP contribution in [0.5, 0.6) is 0 Å². The van der Waals surface area contributed by atoms with Gasteiger partial charge in [0.15, 0.2) is 0 Å². The highest BCUT2D eigenvalue weighted by atomic mass is 35.5. The molecule has 2 aromatic rings. The van der Waals surface area contributed by atoms with E-state index in [1.165, 1.54) is 11.4 Å². The predicted molar refractivity (Wildman–Crippen MR) is 113 cm³/mol. The fraction of sp³-hybridized carbons (Fsp3) is 0.381. The first-order valence-electron chi connectivity index (χ1n) is 9.34. The van der Waals surface area contributed by atoms with E-state index in [1.807, 2.05) is 18.3 Å². The maximum absolute atomic E-state index is 5.97. The van der Waals surface area contributed by atoms with Crippen LogP contribution < -0.4 is 9.80 Å². The molecular weight excluding hydrogens is 344 g/mol. The van der Waals surface area contributed by atoms with E-state index < -0.39 is 0 Å². The summed E-state index contributed by atoms with van der Waals surface area (Å²) >= 11 is 5.97. The minimum atomic E-state index is 0.781. The molecule has 5 heteroatoms. The van der Waals surface area contributed by atoms with Crippen molar-refractivity contribution in [3.8, 4) is 0 Å². The Kier molecular flexibility index (Phi) is 6.40. The van der Waals surface area contributed by atoms with Crippen LogP contribution in [-0.4, -0.2) is 50.5 Å². The molecule has 1 fully saturated rings. The molecule has 26 heavy (non-hydrogen) atoms. The molecule has 1 saturated heterocycles. The SMILES string of the molecule is CCN(CC)c1ccc(/C=N\N2CCN(c3ccc(Cl)cc3)CC2)cc1. The summed E-state index contributed by atoms with van der Waals surface area (Å²) in [6, 6.07) is 16.7. The van der Waals surface area contributed by atoms with E-state index in [-0.39, 0.29) is 0 Å². The smallest absolute Gasteiger partial charge is 0.0542 e. The molecule has 0 N–H and O–H groups in total. The quantitative estimate of drug-likeness (QED) is 0.706. The first kappa shape index (κ1) is 18.6. The Morgan fingerprint density at radius 2 is 1.54 bits per heavy atom. The van der Waals surface area contributed by atoms with Gasteiger partial charge in [0.05, 0.1) is 19.3 Å². The van der Waals surface area contributed by atoms with Crippen molar-refractivity contribution in [3.63, 3.8) is 0 Å². The predicted octanol–water partition coefficient (Wildman–Crippen LogP) is 4.34. The van der Waals surface area contributed by atoms with Crippen molar-refractivity contribution in [2.45, 2.75) is 13.8 Å². The van der Waals surface area contributed by atoms with Gasteiger partial charge in [0, 0.05) is 42.6 Å². The van der Waals surface area contributed by atoms with Crippen molar-refractivity contribution in [2.75, 3.05) is 49.1 Å². The Hall–Kier alpha value is -2.20. The highest BCUT2D eigenvalue weighted by Crippen LogP contribution is 2.19. The van der Waals surface area contributed by atoms with Gasteiger partial charge in [-0.15, -0.1) is 0 Å². The lowest BCUT2D eigenvalue weighted by Crippen LogP contribution is -2.44. The summed E-state index contributed by atoms with van der Waals surface area (Å²) in [5.74, 6) is 0. The molecule has 0 aliphatic carbocycles. The average molecular weight is 371 g/mol. The molecule has 4 nitrogen and oxygen atoms in total. The molecule has 0 bridgehead atoms. The minimum Gasteiger partial charge on any atom is -0.372 e. The van der Waals surface area contributed by atoms with Crippen LogP contribution in [0.1, 0.15) is 19.4 Å². The Bertz CT molecular complexity index is 700. The number of anilines is 2.